The summed E-state index contributed by atoms with van der Waals surface area (Å²) in [7, 11) is 0. The largest absolute Gasteiger partial charge is 0.370 e. The Kier molecular flexibility index (Phi) is 5.09. The lowest BCUT2D eigenvalue weighted by molar-refractivity contribution is 0.976. The van der Waals surface area contributed by atoms with Crippen molar-refractivity contribution in [1.29, 1.82) is 0 Å². The molecule has 2 aromatic rings. The van der Waals surface area contributed by atoms with Crippen molar-refractivity contribution in [3.63, 3.8) is 0 Å². The summed E-state index contributed by atoms with van der Waals surface area (Å²) >= 11 is 1.90. The molecular weight excluding hydrogens is 240 g/mol. The van der Waals surface area contributed by atoms with Crippen LogP contribution in [0.2, 0.25) is 0 Å². The molecule has 2 rings (SSSR count). The molecule has 1 aromatic carbocycles. The fourth-order valence-electron chi connectivity index (χ4n) is 1.64. The molecule has 0 bridgehead atoms. The van der Waals surface area contributed by atoms with Crippen molar-refractivity contribution in [2.24, 2.45) is 0 Å². The number of anilines is 1. The molecule has 1 heterocycles. The van der Waals surface area contributed by atoms with E-state index in [0.717, 1.165) is 30.2 Å². The maximum atomic E-state index is 4.41. The quantitative estimate of drug-likeness (QED) is 0.626. The lowest BCUT2D eigenvalue weighted by atomic mass is 10.3. The third-order valence-electron chi connectivity index (χ3n) is 2.53. The van der Waals surface area contributed by atoms with Crippen LogP contribution in [0.1, 0.15) is 12.1 Å². The highest BCUT2D eigenvalue weighted by Gasteiger charge is 1.95. The van der Waals surface area contributed by atoms with Crippen LogP contribution in [0.25, 0.3) is 0 Å². The topological polar surface area (TPSA) is 24.9 Å². The number of benzene rings is 1. The SMILES string of the molecule is Cc1cccc(NCCCSc2ccccc2)n1. The Balaban J connectivity index is 1.65. The second kappa shape index (κ2) is 7.07. The molecule has 1 N–H and O–H groups in total. The van der Waals surface area contributed by atoms with Gasteiger partial charge in [0.1, 0.15) is 5.82 Å². The molecule has 0 spiro atoms. The van der Waals surface area contributed by atoms with Gasteiger partial charge in [0.25, 0.3) is 0 Å². The number of nitrogens with zero attached hydrogens (tertiary/aromatic N) is 1. The molecule has 0 unspecified atom stereocenters. The molecule has 3 heteroatoms. The maximum absolute atomic E-state index is 4.41. The van der Waals surface area contributed by atoms with Gasteiger partial charge in [0.2, 0.25) is 0 Å². The third-order valence-corrected chi connectivity index (χ3v) is 3.63. The molecule has 0 aliphatic carbocycles. The first-order valence-electron chi connectivity index (χ1n) is 6.20. The van der Waals surface area contributed by atoms with E-state index in [1.165, 1.54) is 4.90 Å². The van der Waals surface area contributed by atoms with E-state index in [-0.39, 0.29) is 0 Å². The van der Waals surface area contributed by atoms with E-state index in [2.05, 4.69) is 40.6 Å². The predicted molar refractivity (Wildman–Crippen MR) is 79.2 cm³/mol. The Morgan fingerprint density at radius 3 is 2.67 bits per heavy atom. The molecule has 0 aliphatic heterocycles. The molecule has 18 heavy (non-hydrogen) atoms. The van der Waals surface area contributed by atoms with Gasteiger partial charge >= 0.3 is 0 Å². The van der Waals surface area contributed by atoms with Gasteiger partial charge in [-0.2, -0.15) is 0 Å². The van der Waals surface area contributed by atoms with Gasteiger partial charge in [-0.05, 0) is 43.4 Å². The van der Waals surface area contributed by atoms with Crippen molar-refractivity contribution < 1.29 is 0 Å². The van der Waals surface area contributed by atoms with Crippen molar-refractivity contribution in [2.75, 3.05) is 17.6 Å². The molecule has 0 radical (unpaired) electrons. The van der Waals surface area contributed by atoms with Crippen LogP contribution in [0.4, 0.5) is 5.82 Å². The highest BCUT2D eigenvalue weighted by molar-refractivity contribution is 7.99. The van der Waals surface area contributed by atoms with Gasteiger partial charge in [0.15, 0.2) is 0 Å². The van der Waals surface area contributed by atoms with Crippen molar-refractivity contribution in [3.8, 4) is 0 Å². The summed E-state index contributed by atoms with van der Waals surface area (Å²) in [6, 6.07) is 16.6. The van der Waals surface area contributed by atoms with Crippen molar-refractivity contribution in [3.05, 3.63) is 54.2 Å². The average molecular weight is 258 g/mol. The Morgan fingerprint density at radius 1 is 1.06 bits per heavy atom. The molecular formula is C15H18N2S. The minimum atomic E-state index is 0.969. The number of nitrogens with one attached hydrogen (secondary N) is 1. The first-order chi connectivity index (χ1) is 8.84. The van der Waals surface area contributed by atoms with Crippen LogP contribution in [-0.2, 0) is 0 Å². The molecule has 2 nitrogen and oxygen atoms in total. The first-order valence-corrected chi connectivity index (χ1v) is 7.18. The Labute approximate surface area is 113 Å². The summed E-state index contributed by atoms with van der Waals surface area (Å²) in [4.78, 5) is 5.75. The average Bonchev–Trinajstić information content (AvgIpc) is 2.40. The van der Waals surface area contributed by atoms with E-state index >= 15 is 0 Å². The fourth-order valence-corrected chi connectivity index (χ4v) is 2.51. The van der Waals surface area contributed by atoms with Gasteiger partial charge < -0.3 is 5.32 Å². The minimum Gasteiger partial charge on any atom is -0.370 e. The number of aromatic nitrogens is 1. The highest BCUT2D eigenvalue weighted by atomic mass is 32.2. The molecule has 0 fully saturated rings. The Bertz CT molecular complexity index is 471. The monoisotopic (exact) mass is 258 g/mol. The standard InChI is InChI=1S/C15H18N2S/c1-13-7-5-10-15(17-13)16-11-6-12-18-14-8-3-2-4-9-14/h2-5,7-10H,6,11-12H2,1H3,(H,16,17). The molecule has 0 atom stereocenters. The number of hydrogen-bond donors (Lipinski definition) is 1. The Morgan fingerprint density at radius 2 is 1.89 bits per heavy atom. The van der Waals surface area contributed by atoms with Crippen molar-refractivity contribution in [2.45, 2.75) is 18.2 Å². The van der Waals surface area contributed by atoms with Crippen LogP contribution in [0.15, 0.2) is 53.4 Å². The number of pyridine rings is 1. The second-order valence-corrected chi connectivity index (χ2v) is 5.27. The molecule has 0 saturated heterocycles. The van der Waals surface area contributed by atoms with Crippen LogP contribution in [0, 0.1) is 6.92 Å². The van der Waals surface area contributed by atoms with Crippen LogP contribution < -0.4 is 5.32 Å². The van der Waals surface area contributed by atoms with Gasteiger partial charge in [-0.25, -0.2) is 4.98 Å². The van der Waals surface area contributed by atoms with E-state index in [1.807, 2.05) is 36.9 Å². The number of hydrogen-bond acceptors (Lipinski definition) is 3. The highest BCUT2D eigenvalue weighted by Crippen LogP contribution is 2.17. The van der Waals surface area contributed by atoms with E-state index in [4.69, 9.17) is 0 Å². The zero-order valence-electron chi connectivity index (χ0n) is 10.6. The van der Waals surface area contributed by atoms with E-state index < -0.39 is 0 Å². The molecule has 1 aromatic heterocycles. The van der Waals surface area contributed by atoms with Crippen LogP contribution in [0.3, 0.4) is 0 Å². The summed E-state index contributed by atoms with van der Waals surface area (Å²) in [5.41, 5.74) is 1.05. The van der Waals surface area contributed by atoms with Crippen LogP contribution >= 0.6 is 11.8 Å². The number of aryl methyl sites for hydroxylation is 1. The zero-order chi connectivity index (χ0) is 12.6. The second-order valence-electron chi connectivity index (χ2n) is 4.11. The smallest absolute Gasteiger partial charge is 0.126 e. The molecule has 0 saturated carbocycles. The molecule has 94 valence electrons. The molecule has 0 aliphatic rings. The van der Waals surface area contributed by atoms with Crippen LogP contribution in [0.5, 0.6) is 0 Å². The van der Waals surface area contributed by atoms with E-state index in [1.54, 1.807) is 0 Å². The number of thioether (sulfide) groups is 1. The van der Waals surface area contributed by atoms with Gasteiger partial charge in [0.05, 0.1) is 0 Å². The van der Waals surface area contributed by atoms with E-state index in [9.17, 15) is 0 Å². The van der Waals surface area contributed by atoms with Gasteiger partial charge in [-0.1, -0.05) is 24.3 Å². The lowest BCUT2D eigenvalue weighted by Crippen LogP contribution is -2.04. The van der Waals surface area contributed by atoms with Crippen molar-refractivity contribution >= 4 is 17.6 Å². The third kappa shape index (κ3) is 4.41. The van der Waals surface area contributed by atoms with Crippen molar-refractivity contribution in [1.82, 2.24) is 4.98 Å². The zero-order valence-corrected chi connectivity index (χ0v) is 11.4. The maximum Gasteiger partial charge on any atom is 0.126 e. The lowest BCUT2D eigenvalue weighted by Gasteiger charge is -2.06. The minimum absolute atomic E-state index is 0.969. The molecule has 0 amide bonds. The Hall–Kier alpha value is -1.48. The van der Waals surface area contributed by atoms with Crippen LogP contribution in [-0.4, -0.2) is 17.3 Å². The summed E-state index contributed by atoms with van der Waals surface area (Å²) in [6.07, 6.45) is 1.13. The summed E-state index contributed by atoms with van der Waals surface area (Å²) < 4.78 is 0. The summed E-state index contributed by atoms with van der Waals surface area (Å²) in [5, 5.41) is 3.35. The van der Waals surface area contributed by atoms with Gasteiger partial charge in [-0.15, -0.1) is 11.8 Å². The summed E-state index contributed by atoms with van der Waals surface area (Å²) in [5.74, 6) is 2.10. The van der Waals surface area contributed by atoms with Gasteiger partial charge in [-0.3, -0.25) is 0 Å². The first kappa shape index (κ1) is 13.0. The fraction of sp³-hybridized carbons (Fsp3) is 0.267. The summed E-state index contributed by atoms with van der Waals surface area (Å²) in [6.45, 7) is 2.98. The normalized spacial score (nSPS) is 10.3. The van der Waals surface area contributed by atoms with E-state index in [0.29, 0.717) is 0 Å². The predicted octanol–water partition coefficient (Wildman–Crippen LogP) is 3.98. The number of rotatable bonds is 6. The van der Waals surface area contributed by atoms with Gasteiger partial charge in [0, 0.05) is 17.1 Å².